The fraction of sp³-hybridized carbons (Fsp3) is 0.333. The van der Waals surface area contributed by atoms with Crippen LogP contribution in [0.2, 0.25) is 0 Å². The summed E-state index contributed by atoms with van der Waals surface area (Å²) in [5, 5.41) is 1.04. The van der Waals surface area contributed by atoms with Crippen molar-refractivity contribution in [2.24, 2.45) is 0 Å². The predicted octanol–water partition coefficient (Wildman–Crippen LogP) is 3.38. The van der Waals surface area contributed by atoms with E-state index < -0.39 is 0 Å². The van der Waals surface area contributed by atoms with Crippen LogP contribution in [0, 0.1) is 13.8 Å². The number of pyridine rings is 1. The van der Waals surface area contributed by atoms with E-state index >= 15 is 0 Å². The molecule has 0 amide bonds. The van der Waals surface area contributed by atoms with Gasteiger partial charge < -0.3 is 0 Å². The molecule has 0 N–H and O–H groups in total. The molecular formula is C12H14N2S. The Morgan fingerprint density at radius 1 is 1.33 bits per heavy atom. The average molecular weight is 218 g/mol. The largest absolute Gasteiger partial charge is 0.253 e. The summed E-state index contributed by atoms with van der Waals surface area (Å²) in [4.78, 5) is 10.3. The molecule has 0 spiro atoms. The predicted molar refractivity (Wildman–Crippen MR) is 64.2 cm³/mol. The van der Waals surface area contributed by atoms with E-state index in [2.05, 4.69) is 36.8 Å². The SMILES string of the molecule is CCc1nc(-c2ncccc2C)sc1C. The molecule has 0 bridgehead atoms. The molecular weight excluding hydrogens is 204 g/mol. The number of aromatic nitrogens is 2. The van der Waals surface area contributed by atoms with Gasteiger partial charge in [0, 0.05) is 11.1 Å². The van der Waals surface area contributed by atoms with Gasteiger partial charge in [-0.05, 0) is 31.9 Å². The second kappa shape index (κ2) is 4.11. The molecule has 0 saturated heterocycles. The Balaban J connectivity index is 2.50. The molecule has 0 saturated carbocycles. The van der Waals surface area contributed by atoms with E-state index in [1.165, 1.54) is 16.1 Å². The van der Waals surface area contributed by atoms with Gasteiger partial charge in [0.15, 0.2) is 0 Å². The molecule has 2 rings (SSSR count). The summed E-state index contributed by atoms with van der Waals surface area (Å²) in [5.41, 5.74) is 3.40. The maximum absolute atomic E-state index is 4.62. The van der Waals surface area contributed by atoms with E-state index in [0.717, 1.165) is 17.1 Å². The lowest BCUT2D eigenvalue weighted by Gasteiger charge is -1.98. The molecule has 2 aromatic heterocycles. The molecule has 0 fully saturated rings. The van der Waals surface area contributed by atoms with Crippen molar-refractivity contribution in [3.05, 3.63) is 34.5 Å². The summed E-state index contributed by atoms with van der Waals surface area (Å²) < 4.78 is 0. The molecule has 0 aromatic carbocycles. The topological polar surface area (TPSA) is 25.8 Å². The Morgan fingerprint density at radius 2 is 2.13 bits per heavy atom. The van der Waals surface area contributed by atoms with Gasteiger partial charge in [-0.2, -0.15) is 0 Å². The van der Waals surface area contributed by atoms with Gasteiger partial charge in [0.2, 0.25) is 0 Å². The van der Waals surface area contributed by atoms with E-state index in [4.69, 9.17) is 0 Å². The second-order valence-corrected chi connectivity index (χ2v) is 4.75. The molecule has 15 heavy (non-hydrogen) atoms. The lowest BCUT2D eigenvalue weighted by atomic mass is 10.2. The van der Waals surface area contributed by atoms with E-state index in [9.17, 15) is 0 Å². The second-order valence-electron chi connectivity index (χ2n) is 3.54. The number of nitrogens with zero attached hydrogens (tertiary/aromatic N) is 2. The minimum Gasteiger partial charge on any atom is -0.253 e. The zero-order valence-electron chi connectivity index (χ0n) is 9.24. The molecule has 2 aromatic rings. The van der Waals surface area contributed by atoms with Crippen LogP contribution in [0.3, 0.4) is 0 Å². The molecule has 2 nitrogen and oxygen atoms in total. The number of hydrogen-bond acceptors (Lipinski definition) is 3. The highest BCUT2D eigenvalue weighted by Gasteiger charge is 2.10. The molecule has 0 unspecified atom stereocenters. The van der Waals surface area contributed by atoms with Crippen LogP contribution < -0.4 is 0 Å². The van der Waals surface area contributed by atoms with Crippen LogP contribution in [-0.4, -0.2) is 9.97 Å². The van der Waals surface area contributed by atoms with Crippen molar-refractivity contribution in [1.29, 1.82) is 0 Å². The van der Waals surface area contributed by atoms with Crippen LogP contribution in [0.1, 0.15) is 23.1 Å². The Hall–Kier alpha value is -1.22. The maximum atomic E-state index is 4.62. The minimum atomic E-state index is 0.994. The van der Waals surface area contributed by atoms with Gasteiger partial charge in [-0.25, -0.2) is 4.98 Å². The zero-order chi connectivity index (χ0) is 10.8. The Morgan fingerprint density at radius 3 is 2.73 bits per heavy atom. The first-order valence-electron chi connectivity index (χ1n) is 5.10. The van der Waals surface area contributed by atoms with E-state index in [0.29, 0.717) is 0 Å². The highest BCUT2D eigenvalue weighted by molar-refractivity contribution is 7.15. The van der Waals surface area contributed by atoms with Gasteiger partial charge in [-0.15, -0.1) is 11.3 Å². The highest BCUT2D eigenvalue weighted by Crippen LogP contribution is 2.28. The lowest BCUT2D eigenvalue weighted by molar-refractivity contribution is 1.04. The standard InChI is InChI=1S/C12H14N2S/c1-4-10-9(3)15-12(14-10)11-8(2)6-5-7-13-11/h5-7H,4H2,1-3H3. The molecule has 0 aliphatic heterocycles. The third-order valence-electron chi connectivity index (χ3n) is 2.44. The normalized spacial score (nSPS) is 10.6. The quantitative estimate of drug-likeness (QED) is 0.772. The van der Waals surface area contributed by atoms with Crippen molar-refractivity contribution in [3.8, 4) is 10.7 Å². The highest BCUT2D eigenvalue weighted by atomic mass is 32.1. The molecule has 0 aliphatic rings. The van der Waals surface area contributed by atoms with Gasteiger partial charge >= 0.3 is 0 Å². The average Bonchev–Trinajstić information content (AvgIpc) is 2.60. The molecule has 0 aliphatic carbocycles. The monoisotopic (exact) mass is 218 g/mol. The van der Waals surface area contributed by atoms with Crippen molar-refractivity contribution >= 4 is 11.3 Å². The fourth-order valence-electron chi connectivity index (χ4n) is 1.57. The zero-order valence-corrected chi connectivity index (χ0v) is 10.1. The Bertz CT molecular complexity index is 474. The van der Waals surface area contributed by atoms with Crippen molar-refractivity contribution in [2.75, 3.05) is 0 Å². The van der Waals surface area contributed by atoms with Gasteiger partial charge in [0.25, 0.3) is 0 Å². The van der Waals surface area contributed by atoms with Crippen LogP contribution in [0.4, 0.5) is 0 Å². The van der Waals surface area contributed by atoms with Crippen molar-refractivity contribution in [3.63, 3.8) is 0 Å². The van der Waals surface area contributed by atoms with Crippen LogP contribution in [-0.2, 0) is 6.42 Å². The summed E-state index contributed by atoms with van der Waals surface area (Å²) in [5.74, 6) is 0. The van der Waals surface area contributed by atoms with Gasteiger partial charge in [0.1, 0.15) is 10.7 Å². The Kier molecular flexibility index (Phi) is 2.82. The van der Waals surface area contributed by atoms with Crippen LogP contribution >= 0.6 is 11.3 Å². The van der Waals surface area contributed by atoms with Crippen molar-refractivity contribution in [2.45, 2.75) is 27.2 Å². The third-order valence-corrected chi connectivity index (χ3v) is 3.46. The number of rotatable bonds is 2. The smallest absolute Gasteiger partial charge is 0.142 e. The molecule has 2 heterocycles. The van der Waals surface area contributed by atoms with Gasteiger partial charge in [-0.3, -0.25) is 4.98 Å². The summed E-state index contributed by atoms with van der Waals surface area (Å²) in [6, 6.07) is 4.03. The van der Waals surface area contributed by atoms with E-state index in [1.54, 1.807) is 11.3 Å². The first-order valence-corrected chi connectivity index (χ1v) is 5.92. The van der Waals surface area contributed by atoms with E-state index in [-0.39, 0.29) is 0 Å². The number of thiazole rings is 1. The molecule has 3 heteroatoms. The first kappa shape index (κ1) is 10.3. The number of hydrogen-bond donors (Lipinski definition) is 0. The third kappa shape index (κ3) is 1.92. The molecule has 0 atom stereocenters. The summed E-state index contributed by atoms with van der Waals surface area (Å²) in [6.45, 7) is 6.33. The minimum absolute atomic E-state index is 0.994. The first-order chi connectivity index (χ1) is 7.22. The Labute approximate surface area is 94.0 Å². The van der Waals surface area contributed by atoms with Gasteiger partial charge in [-0.1, -0.05) is 13.0 Å². The maximum Gasteiger partial charge on any atom is 0.142 e. The lowest BCUT2D eigenvalue weighted by Crippen LogP contribution is -1.87. The van der Waals surface area contributed by atoms with Crippen molar-refractivity contribution < 1.29 is 0 Å². The van der Waals surface area contributed by atoms with Crippen LogP contribution in [0.25, 0.3) is 10.7 Å². The summed E-state index contributed by atoms with van der Waals surface area (Å²) in [6.07, 6.45) is 2.82. The summed E-state index contributed by atoms with van der Waals surface area (Å²) >= 11 is 1.73. The van der Waals surface area contributed by atoms with E-state index in [1.807, 2.05) is 12.3 Å². The number of aryl methyl sites for hydroxylation is 3. The molecule has 78 valence electrons. The van der Waals surface area contributed by atoms with Crippen LogP contribution in [0.5, 0.6) is 0 Å². The fourth-order valence-corrected chi connectivity index (χ4v) is 2.63. The van der Waals surface area contributed by atoms with Crippen LogP contribution in [0.15, 0.2) is 18.3 Å². The summed E-state index contributed by atoms with van der Waals surface area (Å²) in [7, 11) is 0. The van der Waals surface area contributed by atoms with Crippen molar-refractivity contribution in [1.82, 2.24) is 9.97 Å². The van der Waals surface area contributed by atoms with Gasteiger partial charge in [0.05, 0.1) is 5.69 Å². The molecule has 0 radical (unpaired) electrons.